The summed E-state index contributed by atoms with van der Waals surface area (Å²) in [5.41, 5.74) is 1.30. The number of benzene rings is 1. The molecule has 4 heteroatoms. The van der Waals surface area contributed by atoms with Gasteiger partial charge in [-0.15, -0.1) is 0 Å². The Labute approximate surface area is 122 Å². The molecule has 94 valence electrons. The van der Waals surface area contributed by atoms with Crippen LogP contribution >= 0.6 is 31.9 Å². The van der Waals surface area contributed by atoms with Gasteiger partial charge in [-0.2, -0.15) is 0 Å². The Hall–Kier alpha value is -0.580. The van der Waals surface area contributed by atoms with Crippen LogP contribution in [0.2, 0.25) is 0 Å². The number of aliphatic hydroxyl groups is 1. The van der Waals surface area contributed by atoms with Crippen molar-refractivity contribution in [2.75, 3.05) is 0 Å². The van der Waals surface area contributed by atoms with Gasteiger partial charge in [-0.3, -0.25) is 0 Å². The first kappa shape index (κ1) is 12.5. The van der Waals surface area contributed by atoms with Crippen molar-refractivity contribution in [1.29, 1.82) is 0 Å². The van der Waals surface area contributed by atoms with Gasteiger partial charge in [0.25, 0.3) is 0 Å². The lowest BCUT2D eigenvalue weighted by Crippen LogP contribution is -1.99. The molecule has 3 unspecified atom stereocenters. The van der Waals surface area contributed by atoms with E-state index in [4.69, 9.17) is 4.42 Å². The first-order valence-electron chi connectivity index (χ1n) is 5.84. The van der Waals surface area contributed by atoms with Gasteiger partial charge in [0.05, 0.1) is 4.47 Å². The van der Waals surface area contributed by atoms with E-state index in [0.717, 1.165) is 10.9 Å². The predicted molar refractivity (Wildman–Crippen MR) is 76.4 cm³/mol. The van der Waals surface area contributed by atoms with Crippen molar-refractivity contribution in [2.45, 2.75) is 18.4 Å². The van der Waals surface area contributed by atoms with Crippen molar-refractivity contribution in [3.8, 4) is 0 Å². The highest BCUT2D eigenvalue weighted by molar-refractivity contribution is 9.13. The zero-order valence-corrected chi connectivity index (χ0v) is 12.7. The van der Waals surface area contributed by atoms with Gasteiger partial charge >= 0.3 is 0 Å². The maximum atomic E-state index is 10.3. The highest BCUT2D eigenvalue weighted by Crippen LogP contribution is 2.54. The van der Waals surface area contributed by atoms with E-state index in [1.807, 2.05) is 24.3 Å². The average Bonchev–Trinajstić information content (AvgIpc) is 3.11. The van der Waals surface area contributed by atoms with Crippen LogP contribution in [0.25, 0.3) is 0 Å². The number of rotatable bonds is 3. The van der Waals surface area contributed by atoms with Gasteiger partial charge in [0.2, 0.25) is 0 Å². The van der Waals surface area contributed by atoms with Crippen molar-refractivity contribution in [2.24, 2.45) is 5.92 Å². The molecule has 2 nitrogen and oxygen atoms in total. The average molecular weight is 372 g/mol. The van der Waals surface area contributed by atoms with Crippen LogP contribution in [0.4, 0.5) is 0 Å². The van der Waals surface area contributed by atoms with Crippen LogP contribution in [0.1, 0.15) is 29.8 Å². The Kier molecular flexibility index (Phi) is 3.34. The number of hydrogen-bond donors (Lipinski definition) is 1. The first-order valence-corrected chi connectivity index (χ1v) is 7.43. The number of halogens is 2. The molecule has 1 aromatic heterocycles. The van der Waals surface area contributed by atoms with Crippen molar-refractivity contribution in [3.63, 3.8) is 0 Å². The molecule has 0 saturated heterocycles. The van der Waals surface area contributed by atoms with Crippen LogP contribution in [0.3, 0.4) is 0 Å². The third-order valence-corrected chi connectivity index (χ3v) is 5.14. The molecule has 2 aromatic rings. The topological polar surface area (TPSA) is 33.4 Å². The quantitative estimate of drug-likeness (QED) is 0.852. The van der Waals surface area contributed by atoms with Crippen LogP contribution in [0, 0.1) is 5.92 Å². The molecule has 0 amide bonds. The maximum absolute atomic E-state index is 10.3. The van der Waals surface area contributed by atoms with Crippen LogP contribution in [-0.4, -0.2) is 5.11 Å². The molecular weight excluding hydrogens is 360 g/mol. The molecule has 3 rings (SSSR count). The van der Waals surface area contributed by atoms with E-state index < -0.39 is 6.10 Å². The summed E-state index contributed by atoms with van der Waals surface area (Å²) < 4.78 is 6.96. The van der Waals surface area contributed by atoms with E-state index in [0.29, 0.717) is 16.3 Å². The normalized spacial score (nSPS) is 23.9. The minimum atomic E-state index is -0.530. The summed E-state index contributed by atoms with van der Waals surface area (Å²) in [5, 5.41) is 10.3. The van der Waals surface area contributed by atoms with Crippen LogP contribution in [0.15, 0.2) is 50.0 Å². The molecule has 18 heavy (non-hydrogen) atoms. The molecule has 3 atom stereocenters. The Balaban J connectivity index is 1.75. The van der Waals surface area contributed by atoms with Gasteiger partial charge < -0.3 is 9.52 Å². The molecule has 1 aromatic carbocycles. The van der Waals surface area contributed by atoms with Crippen LogP contribution in [-0.2, 0) is 0 Å². The van der Waals surface area contributed by atoms with Gasteiger partial charge in [0.15, 0.2) is 4.67 Å². The summed E-state index contributed by atoms with van der Waals surface area (Å²) >= 11 is 6.65. The zero-order valence-electron chi connectivity index (χ0n) is 9.51. The lowest BCUT2D eigenvalue weighted by atomic mass is 10.1. The molecular formula is C14H12Br2O2. The number of hydrogen-bond acceptors (Lipinski definition) is 2. The molecule has 1 heterocycles. The SMILES string of the molecule is OC(c1cc(Br)c(Br)o1)C1CC1c1ccccc1. The summed E-state index contributed by atoms with van der Waals surface area (Å²) in [4.78, 5) is 0. The fourth-order valence-corrected chi connectivity index (χ4v) is 2.98. The molecule has 1 aliphatic carbocycles. The lowest BCUT2D eigenvalue weighted by molar-refractivity contribution is 0.124. The highest BCUT2D eigenvalue weighted by atomic mass is 79.9. The van der Waals surface area contributed by atoms with E-state index in [9.17, 15) is 5.11 Å². The second kappa shape index (κ2) is 4.83. The van der Waals surface area contributed by atoms with E-state index in [1.165, 1.54) is 5.56 Å². The number of furan rings is 1. The fraction of sp³-hybridized carbons (Fsp3) is 0.286. The van der Waals surface area contributed by atoms with E-state index >= 15 is 0 Å². The predicted octanol–water partition coefficient (Wildman–Crippen LogP) is 4.64. The van der Waals surface area contributed by atoms with Gasteiger partial charge in [-0.25, -0.2) is 0 Å². The smallest absolute Gasteiger partial charge is 0.183 e. The molecule has 0 bridgehead atoms. The minimum absolute atomic E-state index is 0.261. The second-order valence-corrected chi connectivity index (χ2v) is 6.21. The summed E-state index contributed by atoms with van der Waals surface area (Å²) in [6, 6.07) is 12.2. The molecule has 0 spiro atoms. The van der Waals surface area contributed by atoms with Crippen LogP contribution in [0.5, 0.6) is 0 Å². The van der Waals surface area contributed by atoms with Gasteiger partial charge in [0, 0.05) is 0 Å². The third-order valence-electron chi connectivity index (χ3n) is 3.43. The van der Waals surface area contributed by atoms with E-state index in [-0.39, 0.29) is 5.92 Å². The molecule has 1 N–H and O–H groups in total. The first-order chi connectivity index (χ1) is 8.66. The largest absolute Gasteiger partial charge is 0.450 e. The Bertz CT molecular complexity index is 531. The maximum Gasteiger partial charge on any atom is 0.183 e. The van der Waals surface area contributed by atoms with Crippen molar-refractivity contribution in [3.05, 3.63) is 56.9 Å². The van der Waals surface area contributed by atoms with Crippen molar-refractivity contribution >= 4 is 31.9 Å². The van der Waals surface area contributed by atoms with Gasteiger partial charge in [-0.1, -0.05) is 30.3 Å². The molecule has 0 radical (unpaired) electrons. The van der Waals surface area contributed by atoms with Crippen LogP contribution < -0.4 is 0 Å². The number of aliphatic hydroxyl groups excluding tert-OH is 1. The fourth-order valence-electron chi connectivity index (χ4n) is 2.37. The summed E-state index contributed by atoms with van der Waals surface area (Å²) in [6.45, 7) is 0. The third kappa shape index (κ3) is 2.29. The van der Waals surface area contributed by atoms with Crippen molar-refractivity contribution < 1.29 is 9.52 Å². The molecule has 1 fully saturated rings. The Morgan fingerprint density at radius 1 is 1.22 bits per heavy atom. The summed E-state index contributed by atoms with van der Waals surface area (Å²) in [6.07, 6.45) is 0.485. The van der Waals surface area contributed by atoms with Crippen molar-refractivity contribution in [1.82, 2.24) is 0 Å². The molecule has 1 aliphatic rings. The summed E-state index contributed by atoms with van der Waals surface area (Å²) in [7, 11) is 0. The second-order valence-electron chi connectivity index (χ2n) is 4.63. The van der Waals surface area contributed by atoms with E-state index in [2.05, 4.69) is 44.0 Å². The minimum Gasteiger partial charge on any atom is -0.450 e. The monoisotopic (exact) mass is 370 g/mol. The standard InChI is InChI=1S/C14H12Br2O2/c15-11-7-12(18-14(11)16)13(17)10-6-9(10)8-4-2-1-3-5-8/h1-5,7,9-10,13,17H,6H2. The Morgan fingerprint density at radius 2 is 1.94 bits per heavy atom. The van der Waals surface area contributed by atoms with Gasteiger partial charge in [-0.05, 0) is 61.7 Å². The summed E-state index contributed by atoms with van der Waals surface area (Å²) in [5.74, 6) is 1.33. The lowest BCUT2D eigenvalue weighted by Gasteiger charge is -2.06. The molecule has 1 saturated carbocycles. The highest BCUT2D eigenvalue weighted by Gasteiger charge is 2.45. The zero-order chi connectivity index (χ0) is 12.7. The molecule has 0 aliphatic heterocycles. The Morgan fingerprint density at radius 3 is 2.56 bits per heavy atom. The van der Waals surface area contributed by atoms with E-state index in [1.54, 1.807) is 0 Å². The van der Waals surface area contributed by atoms with Gasteiger partial charge in [0.1, 0.15) is 11.9 Å².